The van der Waals surface area contributed by atoms with E-state index in [-0.39, 0.29) is 10.8 Å². The summed E-state index contributed by atoms with van der Waals surface area (Å²) in [5, 5.41) is 9.44. The Morgan fingerprint density at radius 1 is 1.00 bits per heavy atom. The molecule has 0 aliphatic carbocycles. The zero-order valence-corrected chi connectivity index (χ0v) is 22.6. The second-order valence-corrected chi connectivity index (χ2v) is 11.6. The van der Waals surface area contributed by atoms with E-state index < -0.39 is 22.0 Å². The Labute approximate surface area is 224 Å². The molecule has 2 N–H and O–H groups in total. The Balaban J connectivity index is 1.44. The minimum Gasteiger partial charge on any atom is -0.497 e. The van der Waals surface area contributed by atoms with E-state index in [0.29, 0.717) is 12.8 Å². The van der Waals surface area contributed by atoms with Crippen molar-refractivity contribution in [3.05, 3.63) is 84.4 Å². The lowest BCUT2D eigenvalue weighted by molar-refractivity contribution is -0.135. The minimum absolute atomic E-state index is 0.0910. The number of hydrogen-bond donors (Lipinski definition) is 2. The molecule has 3 aromatic rings. The van der Waals surface area contributed by atoms with Gasteiger partial charge < -0.3 is 9.64 Å². The predicted molar refractivity (Wildman–Crippen MR) is 146 cm³/mol. The maximum Gasteiger partial charge on any atom is 0.262 e. The summed E-state index contributed by atoms with van der Waals surface area (Å²) in [6.45, 7) is 2.43. The van der Waals surface area contributed by atoms with Gasteiger partial charge in [0, 0.05) is 13.6 Å². The number of nitrogens with zero attached hydrogens (tertiary/aromatic N) is 2. The van der Waals surface area contributed by atoms with Crippen LogP contribution in [0.15, 0.2) is 83.8 Å². The first-order valence-corrected chi connectivity index (χ1v) is 14.2. The topological polar surface area (TPSA) is 99.2 Å². The molecular weight excluding hydrogens is 502 g/mol. The molecule has 1 aliphatic heterocycles. The van der Waals surface area contributed by atoms with Crippen LogP contribution in [0.4, 0.5) is 0 Å². The molecule has 0 spiro atoms. The van der Waals surface area contributed by atoms with Crippen LogP contribution in [0.3, 0.4) is 0 Å². The third kappa shape index (κ3) is 6.42. The van der Waals surface area contributed by atoms with Crippen LogP contribution in [0.1, 0.15) is 18.4 Å². The van der Waals surface area contributed by atoms with Crippen LogP contribution < -0.4 is 10.2 Å². The molecule has 1 saturated heterocycles. The highest BCUT2D eigenvalue weighted by molar-refractivity contribution is 7.89. The zero-order chi connectivity index (χ0) is 27.1. The number of hydroxylamine groups is 1. The quantitative estimate of drug-likeness (QED) is 0.301. The Kier molecular flexibility index (Phi) is 9.17. The van der Waals surface area contributed by atoms with Gasteiger partial charge in [-0.15, -0.1) is 0 Å². The molecule has 0 bridgehead atoms. The summed E-state index contributed by atoms with van der Waals surface area (Å²) in [6, 6.07) is 23.4. The van der Waals surface area contributed by atoms with Gasteiger partial charge in [0.15, 0.2) is 0 Å². The first-order chi connectivity index (χ1) is 18.3. The normalized spacial score (nSPS) is 15.8. The Morgan fingerprint density at radius 2 is 1.58 bits per heavy atom. The number of hydrogen-bond acceptors (Lipinski definition) is 6. The number of rotatable bonds is 10. The molecule has 38 heavy (non-hydrogen) atoms. The average molecular weight is 538 g/mol. The highest BCUT2D eigenvalue weighted by Gasteiger charge is 2.39. The Bertz CT molecular complexity index is 1290. The Hall–Kier alpha value is -3.24. The monoisotopic (exact) mass is 537 g/mol. The second-order valence-electron chi connectivity index (χ2n) is 9.61. The summed E-state index contributed by atoms with van der Waals surface area (Å²) in [7, 11) is -0.971. The zero-order valence-electron chi connectivity index (χ0n) is 21.8. The molecule has 1 atom stereocenters. The molecule has 1 aliphatic rings. The lowest BCUT2D eigenvalue weighted by Gasteiger charge is -2.38. The molecule has 9 heteroatoms. The number of methoxy groups -OCH3 is 1. The van der Waals surface area contributed by atoms with E-state index in [9.17, 15) is 18.4 Å². The molecule has 0 radical (unpaired) electrons. The highest BCUT2D eigenvalue weighted by Crippen LogP contribution is 2.29. The van der Waals surface area contributed by atoms with Crippen LogP contribution in [-0.4, -0.2) is 68.6 Å². The molecule has 8 nitrogen and oxygen atoms in total. The van der Waals surface area contributed by atoms with Crippen LogP contribution >= 0.6 is 0 Å². The first kappa shape index (κ1) is 27.8. The fourth-order valence-corrected chi connectivity index (χ4v) is 6.46. The number of piperidine rings is 1. The standard InChI is InChI=1S/C29H35N3O5S/c1-31(38(35,36)27-14-10-24(11-15-27)23-8-12-26(37-2)13-9-23)28(29(33)30-34)25-17-20-32(21-18-25)19-16-22-6-4-3-5-7-22/h3-15,25,28,34H,16-21H2,1-2H3,(H,30,33). The van der Waals surface area contributed by atoms with Gasteiger partial charge in [-0.1, -0.05) is 54.6 Å². The fraction of sp³-hybridized carbons (Fsp3) is 0.345. The van der Waals surface area contributed by atoms with Crippen molar-refractivity contribution in [1.82, 2.24) is 14.7 Å². The molecule has 3 aromatic carbocycles. The van der Waals surface area contributed by atoms with E-state index in [1.54, 1.807) is 36.9 Å². The molecule has 1 fully saturated rings. The van der Waals surface area contributed by atoms with Gasteiger partial charge in [-0.2, -0.15) is 4.31 Å². The van der Waals surface area contributed by atoms with Gasteiger partial charge in [-0.05, 0) is 79.2 Å². The number of nitrogens with one attached hydrogen (secondary N) is 1. The summed E-state index contributed by atoms with van der Waals surface area (Å²) < 4.78 is 33.4. The number of benzene rings is 3. The third-order valence-corrected chi connectivity index (χ3v) is 9.22. The summed E-state index contributed by atoms with van der Waals surface area (Å²) >= 11 is 0. The molecule has 4 rings (SSSR count). The maximum absolute atomic E-state index is 13.5. The van der Waals surface area contributed by atoms with Crippen molar-refractivity contribution in [2.45, 2.75) is 30.2 Å². The van der Waals surface area contributed by atoms with Gasteiger partial charge in [-0.25, -0.2) is 13.9 Å². The SMILES string of the molecule is COc1ccc(-c2ccc(S(=O)(=O)N(C)C(C(=O)NO)C3CCN(CCc4ccccc4)CC3)cc2)cc1. The second kappa shape index (κ2) is 12.5. The highest BCUT2D eigenvalue weighted by atomic mass is 32.2. The van der Waals surface area contributed by atoms with E-state index in [1.807, 2.05) is 42.5 Å². The van der Waals surface area contributed by atoms with Crippen LogP contribution in [0.5, 0.6) is 5.75 Å². The summed E-state index contributed by atoms with van der Waals surface area (Å²) in [5.41, 5.74) is 4.76. The van der Waals surface area contributed by atoms with E-state index in [4.69, 9.17) is 4.74 Å². The summed E-state index contributed by atoms with van der Waals surface area (Å²) in [5.74, 6) is -0.188. The van der Waals surface area contributed by atoms with E-state index >= 15 is 0 Å². The lowest BCUT2D eigenvalue weighted by atomic mass is 9.89. The van der Waals surface area contributed by atoms with E-state index in [2.05, 4.69) is 17.0 Å². The average Bonchev–Trinajstić information content (AvgIpc) is 2.97. The number of likely N-dealkylation sites (tertiary alicyclic amines) is 1. The minimum atomic E-state index is -3.98. The van der Waals surface area contributed by atoms with Gasteiger partial charge in [-0.3, -0.25) is 10.0 Å². The number of likely N-dealkylation sites (N-methyl/N-ethyl adjacent to an activating group) is 1. The predicted octanol–water partition coefficient (Wildman–Crippen LogP) is 3.81. The van der Waals surface area contributed by atoms with Crippen LogP contribution in [0, 0.1) is 5.92 Å². The molecule has 1 amide bonds. The maximum atomic E-state index is 13.5. The number of amides is 1. The summed E-state index contributed by atoms with van der Waals surface area (Å²) in [6.07, 6.45) is 2.25. The van der Waals surface area contributed by atoms with Crippen LogP contribution in [0.25, 0.3) is 11.1 Å². The van der Waals surface area contributed by atoms with Crippen LogP contribution in [-0.2, 0) is 21.2 Å². The van der Waals surface area contributed by atoms with E-state index in [1.165, 1.54) is 12.6 Å². The molecule has 1 heterocycles. The van der Waals surface area contributed by atoms with E-state index in [0.717, 1.165) is 47.2 Å². The third-order valence-electron chi connectivity index (χ3n) is 7.36. The first-order valence-electron chi connectivity index (χ1n) is 12.8. The van der Waals surface area contributed by atoms with Gasteiger partial charge in [0.25, 0.3) is 5.91 Å². The lowest BCUT2D eigenvalue weighted by Crippen LogP contribution is -2.53. The Morgan fingerprint density at radius 3 is 2.13 bits per heavy atom. The van der Waals surface area contributed by atoms with Gasteiger partial charge in [0.05, 0.1) is 12.0 Å². The van der Waals surface area contributed by atoms with Gasteiger partial charge in [0.2, 0.25) is 10.0 Å². The number of ether oxygens (including phenoxy) is 1. The van der Waals surface area contributed by atoms with Crippen molar-refractivity contribution in [1.29, 1.82) is 0 Å². The molecule has 0 saturated carbocycles. The molecular formula is C29H35N3O5S. The molecule has 202 valence electrons. The van der Waals surface area contributed by atoms with Gasteiger partial charge >= 0.3 is 0 Å². The van der Waals surface area contributed by atoms with Crippen LogP contribution in [0.2, 0.25) is 0 Å². The fourth-order valence-electron chi connectivity index (χ4n) is 5.08. The van der Waals surface area contributed by atoms with Crippen molar-refractivity contribution in [3.63, 3.8) is 0 Å². The number of carbonyl (C=O) groups excluding carboxylic acids is 1. The van der Waals surface area contributed by atoms with Crippen molar-refractivity contribution >= 4 is 15.9 Å². The molecule has 1 unspecified atom stereocenters. The summed E-state index contributed by atoms with van der Waals surface area (Å²) in [4.78, 5) is 15.2. The largest absolute Gasteiger partial charge is 0.497 e. The molecule has 0 aromatic heterocycles. The van der Waals surface area contributed by atoms with Gasteiger partial charge in [0.1, 0.15) is 11.8 Å². The number of sulfonamides is 1. The van der Waals surface area contributed by atoms with Crippen molar-refractivity contribution in [2.75, 3.05) is 33.8 Å². The number of carbonyl (C=O) groups is 1. The van der Waals surface area contributed by atoms with Crippen molar-refractivity contribution in [2.24, 2.45) is 5.92 Å². The van der Waals surface area contributed by atoms with Crippen molar-refractivity contribution < 1.29 is 23.2 Å². The smallest absolute Gasteiger partial charge is 0.262 e. The van der Waals surface area contributed by atoms with Crippen molar-refractivity contribution in [3.8, 4) is 16.9 Å².